The molecule has 0 bridgehead atoms. The lowest BCUT2D eigenvalue weighted by Crippen LogP contribution is -2.33. The van der Waals surface area contributed by atoms with E-state index in [2.05, 4.69) is 41.5 Å². The average molecular weight is 284 g/mol. The Morgan fingerprint density at radius 1 is 1.24 bits per heavy atom. The quantitative estimate of drug-likeness (QED) is 0.867. The van der Waals surface area contributed by atoms with Gasteiger partial charge < -0.3 is 5.32 Å². The molecule has 1 fully saturated rings. The molecule has 1 saturated carbocycles. The molecule has 3 heteroatoms. The van der Waals surface area contributed by atoms with Crippen LogP contribution in [0.4, 0.5) is 4.39 Å². The van der Waals surface area contributed by atoms with Crippen LogP contribution in [0.15, 0.2) is 48.8 Å². The van der Waals surface area contributed by atoms with Gasteiger partial charge in [0.15, 0.2) is 0 Å². The maximum absolute atomic E-state index is 13.6. The van der Waals surface area contributed by atoms with Crippen LogP contribution in [0, 0.1) is 5.82 Å². The molecular weight excluding hydrogens is 263 g/mol. The van der Waals surface area contributed by atoms with Crippen LogP contribution in [-0.2, 0) is 5.41 Å². The summed E-state index contributed by atoms with van der Waals surface area (Å²) in [6, 6.07) is 12.3. The second kappa shape index (κ2) is 5.94. The molecule has 2 aromatic rings. The van der Waals surface area contributed by atoms with E-state index in [9.17, 15) is 4.39 Å². The molecule has 2 nitrogen and oxygen atoms in total. The van der Waals surface area contributed by atoms with E-state index in [-0.39, 0.29) is 17.3 Å². The van der Waals surface area contributed by atoms with Crippen molar-refractivity contribution in [2.24, 2.45) is 0 Å². The van der Waals surface area contributed by atoms with E-state index in [1.54, 1.807) is 12.3 Å². The van der Waals surface area contributed by atoms with Crippen molar-refractivity contribution in [2.45, 2.75) is 37.6 Å². The van der Waals surface area contributed by atoms with Crippen LogP contribution in [0.1, 0.15) is 43.4 Å². The zero-order valence-corrected chi connectivity index (χ0v) is 12.3. The van der Waals surface area contributed by atoms with Gasteiger partial charge in [-0.15, -0.1) is 0 Å². The number of aromatic nitrogens is 1. The topological polar surface area (TPSA) is 24.9 Å². The number of hydrogen-bond acceptors (Lipinski definition) is 2. The Kier molecular flexibility index (Phi) is 4.02. The Labute approximate surface area is 125 Å². The predicted octanol–water partition coefficient (Wildman–Crippen LogP) is 3.99. The Bertz CT molecular complexity index is 593. The van der Waals surface area contributed by atoms with Gasteiger partial charge in [0.2, 0.25) is 0 Å². The van der Waals surface area contributed by atoms with Crippen molar-refractivity contribution in [3.8, 4) is 0 Å². The first-order valence-electron chi connectivity index (χ1n) is 7.65. The molecule has 1 aliphatic carbocycles. The highest BCUT2D eigenvalue weighted by molar-refractivity contribution is 5.37. The van der Waals surface area contributed by atoms with Crippen molar-refractivity contribution in [2.75, 3.05) is 6.54 Å². The third-order valence-electron chi connectivity index (χ3n) is 4.35. The fourth-order valence-electron chi connectivity index (χ4n) is 3.16. The molecule has 0 aliphatic heterocycles. The Morgan fingerprint density at radius 3 is 2.62 bits per heavy atom. The van der Waals surface area contributed by atoms with E-state index in [1.165, 1.54) is 11.8 Å². The maximum Gasteiger partial charge on any atom is 0.141 e. The van der Waals surface area contributed by atoms with Gasteiger partial charge in [-0.05, 0) is 43.0 Å². The molecule has 21 heavy (non-hydrogen) atoms. The van der Waals surface area contributed by atoms with Gasteiger partial charge in [-0.25, -0.2) is 4.39 Å². The number of pyridine rings is 1. The van der Waals surface area contributed by atoms with Crippen molar-refractivity contribution in [1.82, 2.24) is 10.3 Å². The lowest BCUT2D eigenvalue weighted by atomic mass is 9.84. The number of rotatable bonds is 6. The first-order chi connectivity index (χ1) is 10.3. The Balaban J connectivity index is 1.96. The van der Waals surface area contributed by atoms with Crippen molar-refractivity contribution >= 4 is 0 Å². The highest BCUT2D eigenvalue weighted by Gasteiger charge is 2.51. The zero-order chi connectivity index (χ0) is 14.7. The van der Waals surface area contributed by atoms with Crippen LogP contribution in [0.2, 0.25) is 0 Å². The summed E-state index contributed by atoms with van der Waals surface area (Å²) in [5, 5.41) is 3.61. The van der Waals surface area contributed by atoms with E-state index in [0.717, 1.165) is 31.4 Å². The average Bonchev–Trinajstić information content (AvgIpc) is 3.30. The minimum Gasteiger partial charge on any atom is -0.309 e. The molecule has 0 saturated heterocycles. The minimum absolute atomic E-state index is 0.0892. The van der Waals surface area contributed by atoms with Crippen molar-refractivity contribution in [1.29, 1.82) is 0 Å². The standard InChI is InChI=1S/C18H21FN2/c1-2-10-21-17(14-11-16(19)13-20-12-14)18(8-9-18)15-6-4-3-5-7-15/h3-7,11-13,17,21H,2,8-10H2,1H3. The highest BCUT2D eigenvalue weighted by atomic mass is 19.1. The molecular formula is C18H21FN2. The number of nitrogens with one attached hydrogen (secondary N) is 1. The molecule has 1 aromatic carbocycles. The van der Waals surface area contributed by atoms with Crippen LogP contribution >= 0.6 is 0 Å². The van der Waals surface area contributed by atoms with Gasteiger partial charge in [-0.1, -0.05) is 37.3 Å². The molecule has 110 valence electrons. The first kappa shape index (κ1) is 14.2. The summed E-state index contributed by atoms with van der Waals surface area (Å²) < 4.78 is 13.6. The van der Waals surface area contributed by atoms with Gasteiger partial charge in [0.1, 0.15) is 5.82 Å². The minimum atomic E-state index is -0.264. The van der Waals surface area contributed by atoms with Crippen molar-refractivity contribution < 1.29 is 4.39 Å². The van der Waals surface area contributed by atoms with Crippen LogP contribution in [0.5, 0.6) is 0 Å². The summed E-state index contributed by atoms with van der Waals surface area (Å²) in [4.78, 5) is 4.03. The van der Waals surface area contributed by atoms with E-state index in [4.69, 9.17) is 0 Å². The number of halogens is 1. The molecule has 1 atom stereocenters. The number of benzene rings is 1. The van der Waals surface area contributed by atoms with Crippen molar-refractivity contribution in [3.63, 3.8) is 0 Å². The molecule has 3 rings (SSSR count). The summed E-state index contributed by atoms with van der Waals surface area (Å²) in [5.41, 5.74) is 2.37. The first-order valence-corrected chi connectivity index (χ1v) is 7.65. The zero-order valence-electron chi connectivity index (χ0n) is 12.3. The van der Waals surface area contributed by atoms with E-state index >= 15 is 0 Å². The highest BCUT2D eigenvalue weighted by Crippen LogP contribution is 2.56. The monoisotopic (exact) mass is 284 g/mol. The molecule has 0 amide bonds. The summed E-state index contributed by atoms with van der Waals surface area (Å²) in [5.74, 6) is -0.264. The molecule has 1 unspecified atom stereocenters. The van der Waals surface area contributed by atoms with Gasteiger partial charge >= 0.3 is 0 Å². The molecule has 0 spiro atoms. The smallest absolute Gasteiger partial charge is 0.141 e. The summed E-state index contributed by atoms with van der Waals surface area (Å²) in [6.07, 6.45) is 6.38. The fraction of sp³-hybridized carbons (Fsp3) is 0.389. The lowest BCUT2D eigenvalue weighted by molar-refractivity contribution is 0.426. The van der Waals surface area contributed by atoms with Crippen molar-refractivity contribution in [3.05, 3.63) is 65.7 Å². The summed E-state index contributed by atoms with van der Waals surface area (Å²) in [6.45, 7) is 3.08. The molecule has 0 radical (unpaired) electrons. The molecule has 1 N–H and O–H groups in total. The largest absolute Gasteiger partial charge is 0.309 e. The number of nitrogens with zero attached hydrogens (tertiary/aromatic N) is 1. The second-order valence-corrected chi connectivity index (χ2v) is 5.85. The van der Waals surface area contributed by atoms with Gasteiger partial charge in [-0.2, -0.15) is 0 Å². The Hall–Kier alpha value is -1.74. The van der Waals surface area contributed by atoms with E-state index in [1.807, 2.05) is 6.07 Å². The van der Waals surface area contributed by atoms with Gasteiger partial charge in [0.05, 0.1) is 6.20 Å². The van der Waals surface area contributed by atoms with Gasteiger partial charge in [0.25, 0.3) is 0 Å². The summed E-state index contributed by atoms with van der Waals surface area (Å²) in [7, 11) is 0. The summed E-state index contributed by atoms with van der Waals surface area (Å²) >= 11 is 0. The van der Waals surface area contributed by atoms with E-state index in [0.29, 0.717) is 0 Å². The van der Waals surface area contributed by atoms with Crippen LogP contribution < -0.4 is 5.32 Å². The second-order valence-electron chi connectivity index (χ2n) is 5.85. The van der Waals surface area contributed by atoms with Crippen LogP contribution in [0.25, 0.3) is 0 Å². The third-order valence-corrected chi connectivity index (χ3v) is 4.35. The SMILES string of the molecule is CCCNC(c1cncc(F)c1)C1(c2ccccc2)CC1. The van der Waals surface area contributed by atoms with E-state index < -0.39 is 0 Å². The maximum atomic E-state index is 13.6. The number of hydrogen-bond donors (Lipinski definition) is 1. The van der Waals surface area contributed by atoms with Gasteiger partial charge in [-0.3, -0.25) is 4.98 Å². The normalized spacial score (nSPS) is 17.4. The van der Waals surface area contributed by atoms with Crippen LogP contribution in [-0.4, -0.2) is 11.5 Å². The molecule has 1 aliphatic rings. The lowest BCUT2D eigenvalue weighted by Gasteiger charge is -2.29. The molecule has 1 aromatic heterocycles. The molecule has 1 heterocycles. The Morgan fingerprint density at radius 2 is 2.00 bits per heavy atom. The van der Waals surface area contributed by atoms with Gasteiger partial charge in [0, 0.05) is 17.7 Å². The fourth-order valence-corrected chi connectivity index (χ4v) is 3.16. The predicted molar refractivity (Wildman–Crippen MR) is 82.6 cm³/mol. The third kappa shape index (κ3) is 2.84. The van der Waals surface area contributed by atoms with Crippen LogP contribution in [0.3, 0.4) is 0 Å².